The van der Waals surface area contributed by atoms with Gasteiger partial charge >= 0.3 is 0 Å². The third kappa shape index (κ3) is 3.38. The van der Waals surface area contributed by atoms with Gasteiger partial charge in [-0.05, 0) is 12.1 Å². The van der Waals surface area contributed by atoms with E-state index < -0.39 is 5.82 Å². The van der Waals surface area contributed by atoms with Gasteiger partial charge in [0.05, 0.1) is 16.3 Å². The maximum atomic E-state index is 13.2. The van der Waals surface area contributed by atoms with E-state index in [4.69, 9.17) is 34.7 Å². The minimum absolute atomic E-state index is 0.133. The molecular weight excluding hydrogens is 242 g/mol. The molecule has 0 unspecified atom stereocenters. The summed E-state index contributed by atoms with van der Waals surface area (Å²) in [5.74, 6) is -0.773. The lowest BCUT2D eigenvalue weighted by Crippen LogP contribution is -2.21. The second-order valence-corrected chi connectivity index (χ2v) is 3.37. The first-order chi connectivity index (χ1) is 7.00. The summed E-state index contributed by atoms with van der Waals surface area (Å²) in [5, 5.41) is 7.11. The standard InChI is InChI=1S/C8H7Cl2FN4/c9-5-1-4(3-14-15-8(12)13)7(11)2-6(5)10/h1-3H,(H4,12,13,15). The van der Waals surface area contributed by atoms with E-state index in [1.165, 1.54) is 6.07 Å². The third-order valence-corrected chi connectivity index (χ3v) is 2.13. The van der Waals surface area contributed by atoms with E-state index in [9.17, 15) is 4.39 Å². The molecule has 7 heteroatoms. The van der Waals surface area contributed by atoms with Crippen LogP contribution in [0, 0.1) is 5.82 Å². The fourth-order valence-electron chi connectivity index (χ4n) is 0.795. The van der Waals surface area contributed by atoms with Crippen molar-refractivity contribution in [1.82, 2.24) is 0 Å². The van der Waals surface area contributed by atoms with Crippen molar-refractivity contribution in [2.75, 3.05) is 0 Å². The molecule has 1 rings (SSSR count). The fraction of sp³-hybridized carbons (Fsp3) is 0. The number of nitrogens with zero attached hydrogens (tertiary/aromatic N) is 2. The number of hydrogen-bond donors (Lipinski definition) is 2. The summed E-state index contributed by atoms with van der Waals surface area (Å²) in [7, 11) is 0. The summed E-state index contributed by atoms with van der Waals surface area (Å²) in [6.07, 6.45) is 1.14. The maximum Gasteiger partial charge on any atom is 0.211 e. The van der Waals surface area contributed by atoms with E-state index in [1.54, 1.807) is 0 Å². The van der Waals surface area contributed by atoms with Crippen LogP contribution in [-0.2, 0) is 0 Å². The van der Waals surface area contributed by atoms with E-state index >= 15 is 0 Å². The van der Waals surface area contributed by atoms with E-state index in [2.05, 4.69) is 10.2 Å². The van der Waals surface area contributed by atoms with Gasteiger partial charge in [-0.2, -0.15) is 5.10 Å². The van der Waals surface area contributed by atoms with Gasteiger partial charge in [-0.15, -0.1) is 5.10 Å². The van der Waals surface area contributed by atoms with E-state index in [1.807, 2.05) is 0 Å². The van der Waals surface area contributed by atoms with Gasteiger partial charge in [-0.25, -0.2) is 4.39 Å². The largest absolute Gasteiger partial charge is 0.369 e. The van der Waals surface area contributed by atoms with Crippen molar-refractivity contribution in [2.24, 2.45) is 21.7 Å². The highest BCUT2D eigenvalue weighted by atomic mass is 35.5. The van der Waals surface area contributed by atoms with Crippen molar-refractivity contribution in [3.05, 3.63) is 33.6 Å². The number of hydrogen-bond acceptors (Lipinski definition) is 2. The molecule has 0 aliphatic carbocycles. The van der Waals surface area contributed by atoms with E-state index in [-0.39, 0.29) is 21.6 Å². The van der Waals surface area contributed by atoms with Crippen LogP contribution in [0.5, 0.6) is 0 Å². The first-order valence-corrected chi connectivity index (χ1v) is 4.53. The van der Waals surface area contributed by atoms with Crippen LogP contribution in [0.4, 0.5) is 4.39 Å². The summed E-state index contributed by atoms with van der Waals surface area (Å²) in [4.78, 5) is 0. The number of benzene rings is 1. The molecule has 0 aliphatic rings. The molecule has 0 aromatic heterocycles. The van der Waals surface area contributed by atoms with Crippen molar-refractivity contribution in [3.8, 4) is 0 Å². The molecule has 1 aromatic rings. The second-order valence-electron chi connectivity index (χ2n) is 2.56. The van der Waals surface area contributed by atoms with Crippen LogP contribution in [0.3, 0.4) is 0 Å². The Hall–Kier alpha value is -1.33. The molecule has 4 nitrogen and oxygen atoms in total. The Balaban J connectivity index is 3.01. The fourth-order valence-corrected chi connectivity index (χ4v) is 1.12. The Labute approximate surface area is 95.4 Å². The molecule has 0 aliphatic heterocycles. The molecule has 15 heavy (non-hydrogen) atoms. The average Bonchev–Trinajstić information content (AvgIpc) is 2.13. The third-order valence-electron chi connectivity index (χ3n) is 1.41. The molecule has 0 saturated carbocycles. The van der Waals surface area contributed by atoms with E-state index in [0.717, 1.165) is 12.3 Å². The number of guanidine groups is 1. The molecule has 4 N–H and O–H groups in total. The molecule has 0 atom stereocenters. The Bertz CT molecular complexity index is 427. The normalized spacial score (nSPS) is 10.6. The molecular formula is C8H7Cl2FN4. The Morgan fingerprint density at radius 2 is 1.87 bits per heavy atom. The summed E-state index contributed by atoms with van der Waals surface area (Å²) < 4.78 is 13.2. The Morgan fingerprint density at radius 1 is 1.27 bits per heavy atom. The second kappa shape index (κ2) is 4.95. The van der Waals surface area contributed by atoms with Crippen molar-refractivity contribution in [3.63, 3.8) is 0 Å². The van der Waals surface area contributed by atoms with Gasteiger partial charge in [0.25, 0.3) is 0 Å². The monoisotopic (exact) mass is 248 g/mol. The number of nitrogens with two attached hydrogens (primary N) is 2. The predicted molar refractivity (Wildman–Crippen MR) is 59.8 cm³/mol. The van der Waals surface area contributed by atoms with Crippen LogP contribution in [0.2, 0.25) is 10.0 Å². The summed E-state index contributed by atoms with van der Waals surface area (Å²) >= 11 is 11.3. The van der Waals surface area contributed by atoms with Gasteiger partial charge in [0.2, 0.25) is 5.96 Å². The van der Waals surface area contributed by atoms with Crippen LogP contribution in [0.15, 0.2) is 22.3 Å². The van der Waals surface area contributed by atoms with Gasteiger partial charge in [0.1, 0.15) is 5.82 Å². The zero-order valence-corrected chi connectivity index (χ0v) is 8.93. The highest BCUT2D eigenvalue weighted by Gasteiger charge is 2.04. The Kier molecular flexibility index (Phi) is 3.88. The molecule has 0 spiro atoms. The van der Waals surface area contributed by atoms with Crippen molar-refractivity contribution in [2.45, 2.75) is 0 Å². The summed E-state index contributed by atoms with van der Waals surface area (Å²) in [6, 6.07) is 2.41. The smallest absolute Gasteiger partial charge is 0.211 e. The number of halogens is 3. The van der Waals surface area contributed by atoms with Crippen LogP contribution in [0.1, 0.15) is 5.56 Å². The van der Waals surface area contributed by atoms with Gasteiger partial charge in [-0.3, -0.25) is 0 Å². The zero-order chi connectivity index (χ0) is 11.4. The zero-order valence-electron chi connectivity index (χ0n) is 7.42. The van der Waals surface area contributed by atoms with Crippen molar-refractivity contribution < 1.29 is 4.39 Å². The average molecular weight is 249 g/mol. The minimum atomic E-state index is -0.557. The lowest BCUT2D eigenvalue weighted by atomic mass is 10.2. The molecule has 0 radical (unpaired) electrons. The van der Waals surface area contributed by atoms with Crippen LogP contribution in [0.25, 0.3) is 0 Å². The van der Waals surface area contributed by atoms with Crippen LogP contribution < -0.4 is 11.5 Å². The van der Waals surface area contributed by atoms with Crippen LogP contribution >= 0.6 is 23.2 Å². The SMILES string of the molecule is NC(N)=NN=Cc1cc(Cl)c(Cl)cc1F. The highest BCUT2D eigenvalue weighted by Crippen LogP contribution is 2.24. The number of rotatable bonds is 2. The van der Waals surface area contributed by atoms with Crippen LogP contribution in [-0.4, -0.2) is 12.2 Å². The molecule has 0 saturated heterocycles. The lowest BCUT2D eigenvalue weighted by Gasteiger charge is -1.98. The van der Waals surface area contributed by atoms with E-state index in [0.29, 0.717) is 0 Å². The molecule has 1 aromatic carbocycles. The van der Waals surface area contributed by atoms with Crippen molar-refractivity contribution >= 4 is 35.4 Å². The first-order valence-electron chi connectivity index (χ1n) is 3.77. The Morgan fingerprint density at radius 3 is 2.47 bits per heavy atom. The first kappa shape index (κ1) is 11.7. The van der Waals surface area contributed by atoms with Gasteiger partial charge in [0.15, 0.2) is 0 Å². The maximum absolute atomic E-state index is 13.2. The predicted octanol–water partition coefficient (Wildman–Crippen LogP) is 1.74. The molecule has 80 valence electrons. The summed E-state index contributed by atoms with van der Waals surface area (Å²) in [5.41, 5.74) is 10.2. The lowest BCUT2D eigenvalue weighted by molar-refractivity contribution is 0.626. The minimum Gasteiger partial charge on any atom is -0.369 e. The molecule has 0 heterocycles. The van der Waals surface area contributed by atoms with Gasteiger partial charge < -0.3 is 11.5 Å². The quantitative estimate of drug-likeness (QED) is 0.362. The van der Waals surface area contributed by atoms with Gasteiger partial charge in [-0.1, -0.05) is 23.2 Å². The molecule has 0 fully saturated rings. The highest BCUT2D eigenvalue weighted by molar-refractivity contribution is 6.42. The molecule has 0 bridgehead atoms. The summed E-state index contributed by atoms with van der Waals surface area (Å²) in [6.45, 7) is 0. The van der Waals surface area contributed by atoms with Crippen molar-refractivity contribution in [1.29, 1.82) is 0 Å². The molecule has 0 amide bonds. The van der Waals surface area contributed by atoms with Gasteiger partial charge in [0, 0.05) is 5.56 Å². The topological polar surface area (TPSA) is 76.8 Å².